The van der Waals surface area contributed by atoms with Gasteiger partial charge in [-0.2, -0.15) is 0 Å². The molecule has 0 aromatic rings. The first-order chi connectivity index (χ1) is 7.49. The van der Waals surface area contributed by atoms with E-state index >= 15 is 0 Å². The standard InChI is InChI=1S/C14H20O2/c1-5-6-7-8-9-12(4)10-13(11(2)3)14(15)16/h9,13H,2,7-8,10H2,1,3-4H3,(H,15,16)/b12-9+. The van der Waals surface area contributed by atoms with Crippen molar-refractivity contribution in [2.45, 2.75) is 40.0 Å². The van der Waals surface area contributed by atoms with E-state index < -0.39 is 11.9 Å². The Morgan fingerprint density at radius 1 is 1.50 bits per heavy atom. The number of rotatable bonds is 6. The Labute approximate surface area is 98.1 Å². The molecule has 0 aliphatic heterocycles. The molecule has 16 heavy (non-hydrogen) atoms. The molecule has 1 N–H and O–H groups in total. The van der Waals surface area contributed by atoms with Gasteiger partial charge in [-0.25, -0.2) is 0 Å². The highest BCUT2D eigenvalue weighted by atomic mass is 16.4. The number of allylic oxidation sites excluding steroid dienone is 2. The van der Waals surface area contributed by atoms with E-state index in [0.717, 1.165) is 18.4 Å². The summed E-state index contributed by atoms with van der Waals surface area (Å²) in [6, 6.07) is 0. The molecule has 88 valence electrons. The van der Waals surface area contributed by atoms with Gasteiger partial charge in [-0.1, -0.05) is 23.8 Å². The second-order valence-corrected chi connectivity index (χ2v) is 3.96. The van der Waals surface area contributed by atoms with E-state index in [0.29, 0.717) is 12.0 Å². The minimum absolute atomic E-state index is 0.464. The van der Waals surface area contributed by atoms with Crippen LogP contribution in [0.1, 0.15) is 40.0 Å². The molecule has 0 spiro atoms. The van der Waals surface area contributed by atoms with Gasteiger partial charge in [0.1, 0.15) is 0 Å². The van der Waals surface area contributed by atoms with Crippen LogP contribution in [0.4, 0.5) is 0 Å². The highest BCUT2D eigenvalue weighted by molar-refractivity contribution is 5.73. The lowest BCUT2D eigenvalue weighted by Crippen LogP contribution is -2.14. The Bertz CT molecular complexity index is 325. The first kappa shape index (κ1) is 14.5. The Balaban J connectivity index is 4.27. The molecule has 2 heteroatoms. The summed E-state index contributed by atoms with van der Waals surface area (Å²) in [5.41, 5.74) is 1.79. The molecule has 0 saturated carbocycles. The summed E-state index contributed by atoms with van der Waals surface area (Å²) >= 11 is 0. The lowest BCUT2D eigenvalue weighted by atomic mass is 9.94. The third-order valence-electron chi connectivity index (χ3n) is 2.36. The zero-order chi connectivity index (χ0) is 12.6. The fourth-order valence-electron chi connectivity index (χ4n) is 1.39. The largest absolute Gasteiger partial charge is 0.481 e. The minimum Gasteiger partial charge on any atom is -0.481 e. The predicted molar refractivity (Wildman–Crippen MR) is 67.0 cm³/mol. The summed E-state index contributed by atoms with van der Waals surface area (Å²) in [5, 5.41) is 8.99. The summed E-state index contributed by atoms with van der Waals surface area (Å²) < 4.78 is 0. The van der Waals surface area contributed by atoms with Crippen molar-refractivity contribution in [3.05, 3.63) is 23.8 Å². The number of carboxylic acids is 1. The van der Waals surface area contributed by atoms with Crippen LogP contribution in [0, 0.1) is 17.8 Å². The van der Waals surface area contributed by atoms with Gasteiger partial charge in [-0.15, -0.1) is 11.8 Å². The second-order valence-electron chi connectivity index (χ2n) is 3.96. The van der Waals surface area contributed by atoms with Crippen LogP contribution in [0.25, 0.3) is 0 Å². The van der Waals surface area contributed by atoms with Crippen molar-refractivity contribution >= 4 is 5.97 Å². The summed E-state index contributed by atoms with van der Waals surface area (Å²) in [6.45, 7) is 9.24. The molecule has 0 aliphatic carbocycles. The summed E-state index contributed by atoms with van der Waals surface area (Å²) in [6.07, 6.45) is 4.32. The highest BCUT2D eigenvalue weighted by Crippen LogP contribution is 2.19. The van der Waals surface area contributed by atoms with Gasteiger partial charge in [0.25, 0.3) is 0 Å². The Morgan fingerprint density at radius 2 is 2.12 bits per heavy atom. The number of carboxylic acid groups (broad SMARTS) is 1. The van der Waals surface area contributed by atoms with E-state index in [1.54, 1.807) is 6.92 Å². The van der Waals surface area contributed by atoms with Crippen molar-refractivity contribution in [2.24, 2.45) is 5.92 Å². The SMILES string of the molecule is C=C(C)C(C/C(C)=C/CCC#CC)C(=O)O. The van der Waals surface area contributed by atoms with Gasteiger partial charge >= 0.3 is 5.97 Å². The van der Waals surface area contributed by atoms with E-state index in [-0.39, 0.29) is 0 Å². The zero-order valence-electron chi connectivity index (χ0n) is 10.3. The van der Waals surface area contributed by atoms with Gasteiger partial charge < -0.3 is 5.11 Å². The van der Waals surface area contributed by atoms with Gasteiger partial charge in [0, 0.05) is 6.42 Å². The molecule has 0 radical (unpaired) electrons. The average molecular weight is 220 g/mol. The van der Waals surface area contributed by atoms with Gasteiger partial charge in [-0.3, -0.25) is 4.79 Å². The van der Waals surface area contributed by atoms with Crippen molar-refractivity contribution in [1.29, 1.82) is 0 Å². The summed E-state index contributed by atoms with van der Waals surface area (Å²) in [7, 11) is 0. The number of aliphatic carboxylic acids is 1. The van der Waals surface area contributed by atoms with E-state index in [1.165, 1.54) is 0 Å². The average Bonchev–Trinajstić information content (AvgIpc) is 2.20. The van der Waals surface area contributed by atoms with Gasteiger partial charge in [-0.05, 0) is 33.6 Å². The van der Waals surface area contributed by atoms with Crippen LogP contribution in [-0.2, 0) is 4.79 Å². The van der Waals surface area contributed by atoms with E-state index in [1.807, 2.05) is 13.8 Å². The van der Waals surface area contributed by atoms with Crippen molar-refractivity contribution in [3.8, 4) is 11.8 Å². The predicted octanol–water partition coefficient (Wildman–Crippen LogP) is 3.40. The van der Waals surface area contributed by atoms with Crippen molar-refractivity contribution in [3.63, 3.8) is 0 Å². The minimum atomic E-state index is -0.798. The van der Waals surface area contributed by atoms with Crippen molar-refractivity contribution < 1.29 is 9.90 Å². The van der Waals surface area contributed by atoms with Crippen LogP contribution < -0.4 is 0 Å². The smallest absolute Gasteiger partial charge is 0.310 e. The van der Waals surface area contributed by atoms with Crippen LogP contribution in [0.3, 0.4) is 0 Å². The molecule has 2 nitrogen and oxygen atoms in total. The molecule has 0 bridgehead atoms. The molecule has 0 heterocycles. The maximum atomic E-state index is 10.9. The topological polar surface area (TPSA) is 37.3 Å². The molecule has 0 aliphatic rings. The second kappa shape index (κ2) is 7.76. The quantitative estimate of drug-likeness (QED) is 0.423. The Morgan fingerprint density at radius 3 is 2.56 bits per heavy atom. The number of unbranched alkanes of at least 4 members (excludes halogenated alkanes) is 1. The molecular weight excluding hydrogens is 200 g/mol. The molecule has 1 atom stereocenters. The van der Waals surface area contributed by atoms with Gasteiger partial charge in [0.05, 0.1) is 5.92 Å². The number of hydrogen-bond acceptors (Lipinski definition) is 1. The Hall–Kier alpha value is -1.49. The van der Waals surface area contributed by atoms with Crippen LogP contribution in [0.15, 0.2) is 23.8 Å². The molecule has 0 rings (SSSR count). The van der Waals surface area contributed by atoms with Gasteiger partial charge in [0.15, 0.2) is 0 Å². The van der Waals surface area contributed by atoms with Crippen molar-refractivity contribution in [2.75, 3.05) is 0 Å². The van der Waals surface area contributed by atoms with Crippen LogP contribution in [0.5, 0.6) is 0 Å². The maximum absolute atomic E-state index is 10.9. The third-order valence-corrected chi connectivity index (χ3v) is 2.36. The lowest BCUT2D eigenvalue weighted by molar-refractivity contribution is -0.140. The molecule has 0 saturated heterocycles. The lowest BCUT2D eigenvalue weighted by Gasteiger charge is -2.12. The van der Waals surface area contributed by atoms with Crippen LogP contribution in [0.2, 0.25) is 0 Å². The van der Waals surface area contributed by atoms with Crippen LogP contribution in [-0.4, -0.2) is 11.1 Å². The monoisotopic (exact) mass is 220 g/mol. The van der Waals surface area contributed by atoms with E-state index in [9.17, 15) is 4.79 Å². The molecule has 0 amide bonds. The number of hydrogen-bond donors (Lipinski definition) is 1. The van der Waals surface area contributed by atoms with E-state index in [2.05, 4.69) is 24.5 Å². The molecular formula is C14H20O2. The third kappa shape index (κ3) is 6.08. The van der Waals surface area contributed by atoms with E-state index in [4.69, 9.17) is 5.11 Å². The molecule has 0 aromatic carbocycles. The van der Waals surface area contributed by atoms with Crippen molar-refractivity contribution in [1.82, 2.24) is 0 Å². The molecule has 1 unspecified atom stereocenters. The zero-order valence-corrected chi connectivity index (χ0v) is 10.3. The normalized spacial score (nSPS) is 12.6. The first-order valence-electron chi connectivity index (χ1n) is 5.42. The summed E-state index contributed by atoms with van der Waals surface area (Å²) in [5.74, 6) is 4.54. The fraction of sp³-hybridized carbons (Fsp3) is 0.500. The molecule has 0 fully saturated rings. The maximum Gasteiger partial charge on any atom is 0.310 e. The highest BCUT2D eigenvalue weighted by Gasteiger charge is 2.17. The van der Waals surface area contributed by atoms with Crippen LogP contribution >= 0.6 is 0 Å². The summed E-state index contributed by atoms with van der Waals surface area (Å²) in [4.78, 5) is 10.9. The first-order valence-corrected chi connectivity index (χ1v) is 5.42. The fourth-order valence-corrected chi connectivity index (χ4v) is 1.39. The molecule has 0 aromatic heterocycles. The number of carbonyl (C=O) groups is 1. The van der Waals surface area contributed by atoms with Gasteiger partial charge in [0.2, 0.25) is 0 Å². The Kier molecular flexibility index (Phi) is 7.03.